The van der Waals surface area contributed by atoms with Gasteiger partial charge in [-0.25, -0.2) is 8.78 Å². The van der Waals surface area contributed by atoms with Crippen LogP contribution in [-0.2, 0) is 0 Å². The average Bonchev–Trinajstić information content (AvgIpc) is 2.79. The van der Waals surface area contributed by atoms with Gasteiger partial charge in [0.05, 0.1) is 0 Å². The molecule has 0 radical (unpaired) electrons. The van der Waals surface area contributed by atoms with Crippen molar-refractivity contribution in [1.29, 1.82) is 0 Å². The van der Waals surface area contributed by atoms with E-state index in [1.165, 1.54) is 0 Å². The SMILES string of the molecule is CC.CSc1c(-c2ccc(C)cc2F)ccc2c(SC)c(-c3ccc(C)cc3F)ccc12. The van der Waals surface area contributed by atoms with Gasteiger partial charge in [0.2, 0.25) is 0 Å². The Hall–Kier alpha value is -2.30. The number of rotatable bonds is 4. The quantitative estimate of drug-likeness (QED) is 0.275. The molecule has 4 aromatic carbocycles. The van der Waals surface area contributed by atoms with Gasteiger partial charge in [-0.1, -0.05) is 62.4 Å². The summed E-state index contributed by atoms with van der Waals surface area (Å²) < 4.78 is 29.4. The molecule has 0 atom stereocenters. The molecule has 4 aromatic rings. The predicted octanol–water partition coefficient (Wildman–Crippen LogP) is 9.54. The van der Waals surface area contributed by atoms with Crippen LogP contribution in [-0.4, -0.2) is 12.5 Å². The molecule has 0 amide bonds. The van der Waals surface area contributed by atoms with Crippen LogP contribution in [0.4, 0.5) is 8.78 Å². The zero-order valence-corrected chi connectivity index (χ0v) is 21.0. The summed E-state index contributed by atoms with van der Waals surface area (Å²) in [5.74, 6) is -0.429. The van der Waals surface area contributed by atoms with E-state index in [1.54, 1.807) is 35.7 Å². The van der Waals surface area contributed by atoms with Gasteiger partial charge in [0.25, 0.3) is 0 Å². The Morgan fingerprint density at radius 3 is 1.19 bits per heavy atom. The van der Waals surface area contributed by atoms with Crippen LogP contribution >= 0.6 is 23.5 Å². The van der Waals surface area contributed by atoms with E-state index in [0.29, 0.717) is 11.1 Å². The largest absolute Gasteiger partial charge is 0.206 e. The fourth-order valence-electron chi connectivity index (χ4n) is 3.89. The molecule has 4 heteroatoms. The Kier molecular flexibility index (Phi) is 8.02. The van der Waals surface area contributed by atoms with Gasteiger partial charge in [0.1, 0.15) is 11.6 Å². The fourth-order valence-corrected chi connectivity index (χ4v) is 5.48. The maximum absolute atomic E-state index is 14.7. The van der Waals surface area contributed by atoms with Gasteiger partial charge in [-0.15, -0.1) is 23.5 Å². The molecule has 0 aromatic heterocycles. The molecule has 0 saturated carbocycles. The lowest BCUT2D eigenvalue weighted by atomic mass is 9.96. The van der Waals surface area contributed by atoms with E-state index in [4.69, 9.17) is 0 Å². The molecular formula is C28H28F2S2. The summed E-state index contributed by atoms with van der Waals surface area (Å²) in [6.07, 6.45) is 4.02. The molecule has 0 aliphatic carbocycles. The van der Waals surface area contributed by atoms with Crippen molar-refractivity contribution in [3.63, 3.8) is 0 Å². The smallest absolute Gasteiger partial charge is 0.131 e. The lowest BCUT2D eigenvalue weighted by Gasteiger charge is -2.17. The third-order valence-corrected chi connectivity index (χ3v) is 7.04. The van der Waals surface area contributed by atoms with Crippen LogP contribution < -0.4 is 0 Å². The summed E-state index contributed by atoms with van der Waals surface area (Å²) in [4.78, 5) is 2.06. The minimum absolute atomic E-state index is 0.215. The highest BCUT2D eigenvalue weighted by Gasteiger charge is 2.18. The summed E-state index contributed by atoms with van der Waals surface area (Å²) in [5.41, 5.74) is 4.77. The molecule has 0 unspecified atom stereocenters. The first kappa shape index (κ1) is 24.3. The van der Waals surface area contributed by atoms with E-state index in [2.05, 4.69) is 0 Å². The highest BCUT2D eigenvalue weighted by molar-refractivity contribution is 7.99. The standard InChI is InChI=1S/C26H22F2S2.C2H6/c1-15-5-7-17(23(27)13-15)19-9-11-22-21(25(19)29-3)12-10-20(26(22)30-4)18-8-6-16(2)14-24(18)28;1-2/h5-14H,1-4H3;1-2H3. The monoisotopic (exact) mass is 466 g/mol. The summed E-state index contributed by atoms with van der Waals surface area (Å²) in [6.45, 7) is 7.78. The molecule has 0 spiro atoms. The Balaban J connectivity index is 0.00000141. The lowest BCUT2D eigenvalue weighted by molar-refractivity contribution is 0.629. The molecular weight excluding hydrogens is 438 g/mol. The highest BCUT2D eigenvalue weighted by atomic mass is 32.2. The average molecular weight is 467 g/mol. The normalized spacial score (nSPS) is 10.8. The Morgan fingerprint density at radius 2 is 0.875 bits per heavy atom. The predicted molar refractivity (Wildman–Crippen MR) is 139 cm³/mol. The summed E-state index contributed by atoms with van der Waals surface area (Å²) in [5, 5.41) is 2.11. The maximum atomic E-state index is 14.7. The Morgan fingerprint density at radius 1 is 0.531 bits per heavy atom. The number of aryl methyl sites for hydroxylation is 2. The van der Waals surface area contributed by atoms with Crippen molar-refractivity contribution >= 4 is 34.3 Å². The minimum Gasteiger partial charge on any atom is -0.206 e. The number of benzene rings is 4. The topological polar surface area (TPSA) is 0 Å². The van der Waals surface area contributed by atoms with Crippen molar-refractivity contribution in [1.82, 2.24) is 0 Å². The third kappa shape index (κ3) is 4.57. The number of hydrogen-bond acceptors (Lipinski definition) is 2. The van der Waals surface area contributed by atoms with E-state index in [0.717, 1.165) is 42.8 Å². The number of thioether (sulfide) groups is 2. The Bertz CT molecular complexity index is 1160. The molecule has 0 saturated heterocycles. The molecule has 0 nitrogen and oxygen atoms in total. The zero-order chi connectivity index (χ0) is 23.4. The van der Waals surface area contributed by atoms with Gasteiger partial charge in [-0.3, -0.25) is 0 Å². The summed E-state index contributed by atoms with van der Waals surface area (Å²) >= 11 is 3.22. The molecule has 4 rings (SSSR count). The van der Waals surface area contributed by atoms with Gasteiger partial charge in [0, 0.05) is 20.9 Å². The highest BCUT2D eigenvalue weighted by Crippen LogP contribution is 2.43. The first-order chi connectivity index (χ1) is 15.4. The van der Waals surface area contributed by atoms with Gasteiger partial charge in [-0.2, -0.15) is 0 Å². The van der Waals surface area contributed by atoms with Crippen LogP contribution in [0.1, 0.15) is 25.0 Å². The van der Waals surface area contributed by atoms with Crippen LogP contribution in [0.3, 0.4) is 0 Å². The molecule has 0 N–H and O–H groups in total. The molecule has 0 fully saturated rings. The van der Waals surface area contributed by atoms with Crippen molar-refractivity contribution in [3.05, 3.63) is 83.4 Å². The van der Waals surface area contributed by atoms with Crippen molar-refractivity contribution < 1.29 is 8.78 Å². The second-order valence-electron chi connectivity index (χ2n) is 7.35. The van der Waals surface area contributed by atoms with Crippen LogP contribution in [0, 0.1) is 25.5 Å². The van der Waals surface area contributed by atoms with Crippen molar-refractivity contribution in [3.8, 4) is 22.3 Å². The molecule has 0 heterocycles. The summed E-state index contributed by atoms with van der Waals surface area (Å²) in [7, 11) is 0. The maximum Gasteiger partial charge on any atom is 0.131 e. The van der Waals surface area contributed by atoms with Crippen molar-refractivity contribution in [2.45, 2.75) is 37.5 Å². The number of halogens is 2. The zero-order valence-electron chi connectivity index (χ0n) is 19.3. The van der Waals surface area contributed by atoms with Crippen LogP contribution in [0.5, 0.6) is 0 Å². The number of fused-ring (bicyclic) bond motifs is 1. The van der Waals surface area contributed by atoms with Crippen molar-refractivity contribution in [2.75, 3.05) is 12.5 Å². The Labute approximate surface area is 198 Å². The lowest BCUT2D eigenvalue weighted by Crippen LogP contribution is -1.93. The van der Waals surface area contributed by atoms with Gasteiger partial charge in [-0.05, 0) is 71.5 Å². The molecule has 0 bridgehead atoms. The second kappa shape index (κ2) is 10.5. The third-order valence-electron chi connectivity index (χ3n) is 5.34. The molecule has 166 valence electrons. The minimum atomic E-state index is -0.215. The van der Waals surface area contributed by atoms with Crippen LogP contribution in [0.2, 0.25) is 0 Å². The summed E-state index contributed by atoms with van der Waals surface area (Å²) in [6, 6.07) is 18.7. The van der Waals surface area contributed by atoms with E-state index in [9.17, 15) is 8.78 Å². The van der Waals surface area contributed by atoms with Gasteiger partial charge >= 0.3 is 0 Å². The van der Waals surface area contributed by atoms with Crippen LogP contribution in [0.15, 0.2) is 70.5 Å². The van der Waals surface area contributed by atoms with E-state index in [1.807, 2.05) is 88.7 Å². The molecule has 0 aliphatic rings. The first-order valence-corrected chi connectivity index (χ1v) is 13.1. The van der Waals surface area contributed by atoms with Crippen molar-refractivity contribution in [2.24, 2.45) is 0 Å². The van der Waals surface area contributed by atoms with Gasteiger partial charge in [0.15, 0.2) is 0 Å². The van der Waals surface area contributed by atoms with E-state index in [-0.39, 0.29) is 11.6 Å². The second-order valence-corrected chi connectivity index (χ2v) is 8.99. The fraction of sp³-hybridized carbons (Fsp3) is 0.214. The van der Waals surface area contributed by atoms with Crippen LogP contribution in [0.25, 0.3) is 33.0 Å². The van der Waals surface area contributed by atoms with E-state index >= 15 is 0 Å². The number of hydrogen-bond donors (Lipinski definition) is 0. The van der Waals surface area contributed by atoms with E-state index < -0.39 is 0 Å². The molecule has 0 aliphatic heterocycles. The van der Waals surface area contributed by atoms with Gasteiger partial charge < -0.3 is 0 Å². The first-order valence-electron chi connectivity index (χ1n) is 10.7. The molecule has 32 heavy (non-hydrogen) atoms.